The van der Waals surface area contributed by atoms with Crippen molar-refractivity contribution in [3.8, 4) is 0 Å². The Morgan fingerprint density at radius 2 is 2.18 bits per heavy atom. The maximum Gasteiger partial charge on any atom is 0.411 e. The van der Waals surface area contributed by atoms with Gasteiger partial charge in [-0.3, -0.25) is 5.32 Å². The van der Waals surface area contributed by atoms with Crippen LogP contribution in [0, 0.1) is 0 Å². The third-order valence-corrected chi connectivity index (χ3v) is 2.69. The predicted molar refractivity (Wildman–Crippen MR) is 65.0 cm³/mol. The van der Waals surface area contributed by atoms with Crippen molar-refractivity contribution in [1.82, 2.24) is 0 Å². The quantitative estimate of drug-likeness (QED) is 0.876. The van der Waals surface area contributed by atoms with Gasteiger partial charge in [0.1, 0.15) is 6.61 Å². The SMILES string of the molecule is O=C(Nc1ccccc1)OC[C@@H]1CCCCO1. The molecule has 0 aromatic heterocycles. The molecule has 17 heavy (non-hydrogen) atoms. The van der Waals surface area contributed by atoms with Crippen LogP contribution in [0.15, 0.2) is 30.3 Å². The van der Waals surface area contributed by atoms with E-state index in [2.05, 4.69) is 5.32 Å². The first-order valence-electron chi connectivity index (χ1n) is 5.95. The highest BCUT2D eigenvalue weighted by Gasteiger charge is 2.15. The van der Waals surface area contributed by atoms with Crippen LogP contribution in [0.5, 0.6) is 0 Å². The number of nitrogens with one attached hydrogen (secondary N) is 1. The minimum Gasteiger partial charge on any atom is -0.447 e. The molecular formula is C13H17NO3. The summed E-state index contributed by atoms with van der Waals surface area (Å²) >= 11 is 0. The Kier molecular flexibility index (Phi) is 4.38. The van der Waals surface area contributed by atoms with Gasteiger partial charge in [-0.05, 0) is 31.4 Å². The van der Waals surface area contributed by atoms with E-state index in [1.165, 1.54) is 0 Å². The second-order valence-corrected chi connectivity index (χ2v) is 4.08. The average molecular weight is 235 g/mol. The minimum absolute atomic E-state index is 0.0604. The summed E-state index contributed by atoms with van der Waals surface area (Å²) < 4.78 is 10.6. The summed E-state index contributed by atoms with van der Waals surface area (Å²) in [4.78, 5) is 11.5. The highest BCUT2D eigenvalue weighted by Crippen LogP contribution is 2.13. The van der Waals surface area contributed by atoms with Crippen molar-refractivity contribution < 1.29 is 14.3 Å². The number of amides is 1. The van der Waals surface area contributed by atoms with Crippen LogP contribution in [-0.2, 0) is 9.47 Å². The third-order valence-electron chi connectivity index (χ3n) is 2.69. The molecule has 0 saturated carbocycles. The van der Waals surface area contributed by atoms with E-state index in [4.69, 9.17) is 9.47 Å². The first kappa shape index (κ1) is 11.9. The van der Waals surface area contributed by atoms with E-state index >= 15 is 0 Å². The van der Waals surface area contributed by atoms with Gasteiger partial charge in [0.05, 0.1) is 6.10 Å². The summed E-state index contributed by atoms with van der Waals surface area (Å²) in [5.41, 5.74) is 0.738. The Balaban J connectivity index is 1.70. The largest absolute Gasteiger partial charge is 0.447 e. The van der Waals surface area contributed by atoms with Gasteiger partial charge in [0, 0.05) is 12.3 Å². The summed E-state index contributed by atoms with van der Waals surface area (Å²) in [5, 5.41) is 2.66. The van der Waals surface area contributed by atoms with Gasteiger partial charge in [0.15, 0.2) is 0 Å². The Labute approximate surface area is 101 Å². The number of hydrogen-bond donors (Lipinski definition) is 1. The van der Waals surface area contributed by atoms with Crippen molar-refractivity contribution in [1.29, 1.82) is 0 Å². The number of ether oxygens (including phenoxy) is 2. The van der Waals surface area contributed by atoms with Crippen LogP contribution in [0.2, 0.25) is 0 Å². The van der Waals surface area contributed by atoms with E-state index in [0.717, 1.165) is 31.6 Å². The zero-order valence-electron chi connectivity index (χ0n) is 9.72. The van der Waals surface area contributed by atoms with Gasteiger partial charge in [-0.15, -0.1) is 0 Å². The standard InChI is InChI=1S/C13H17NO3/c15-13(14-11-6-2-1-3-7-11)17-10-12-8-4-5-9-16-12/h1-3,6-7,12H,4-5,8-10H2,(H,14,15)/t12-/m0/s1. The number of para-hydroxylation sites is 1. The highest BCUT2D eigenvalue weighted by atomic mass is 16.6. The monoisotopic (exact) mass is 235 g/mol. The fourth-order valence-corrected chi connectivity index (χ4v) is 1.78. The van der Waals surface area contributed by atoms with Crippen LogP contribution in [-0.4, -0.2) is 25.4 Å². The molecular weight excluding hydrogens is 218 g/mol. The van der Waals surface area contributed by atoms with E-state index < -0.39 is 6.09 Å². The molecule has 1 N–H and O–H groups in total. The molecule has 1 atom stereocenters. The summed E-state index contributed by atoms with van der Waals surface area (Å²) in [5.74, 6) is 0. The van der Waals surface area contributed by atoms with Gasteiger partial charge >= 0.3 is 6.09 Å². The van der Waals surface area contributed by atoms with E-state index in [-0.39, 0.29) is 6.10 Å². The van der Waals surface area contributed by atoms with Crippen LogP contribution in [0.25, 0.3) is 0 Å². The Morgan fingerprint density at radius 3 is 2.88 bits per heavy atom. The van der Waals surface area contributed by atoms with Crippen LogP contribution in [0.3, 0.4) is 0 Å². The number of anilines is 1. The van der Waals surface area contributed by atoms with Crippen molar-refractivity contribution in [3.05, 3.63) is 30.3 Å². The molecule has 1 aromatic rings. The fourth-order valence-electron chi connectivity index (χ4n) is 1.78. The van der Waals surface area contributed by atoms with Crippen molar-refractivity contribution in [2.45, 2.75) is 25.4 Å². The normalized spacial score (nSPS) is 19.6. The molecule has 2 rings (SSSR count). The second kappa shape index (κ2) is 6.25. The van der Waals surface area contributed by atoms with E-state index in [1.54, 1.807) is 0 Å². The van der Waals surface area contributed by atoms with Gasteiger partial charge in [-0.25, -0.2) is 4.79 Å². The van der Waals surface area contributed by atoms with Gasteiger partial charge in [0.2, 0.25) is 0 Å². The highest BCUT2D eigenvalue weighted by molar-refractivity contribution is 5.84. The smallest absolute Gasteiger partial charge is 0.411 e. The van der Waals surface area contributed by atoms with Crippen molar-refractivity contribution >= 4 is 11.8 Å². The number of benzene rings is 1. The lowest BCUT2D eigenvalue weighted by atomic mass is 10.1. The molecule has 1 fully saturated rings. The van der Waals surface area contributed by atoms with Crippen LogP contribution < -0.4 is 5.32 Å². The molecule has 1 aliphatic rings. The van der Waals surface area contributed by atoms with Crippen LogP contribution in [0.4, 0.5) is 10.5 Å². The lowest BCUT2D eigenvalue weighted by Crippen LogP contribution is -2.27. The molecule has 1 heterocycles. The second-order valence-electron chi connectivity index (χ2n) is 4.08. The first-order chi connectivity index (χ1) is 8.34. The van der Waals surface area contributed by atoms with Crippen molar-refractivity contribution in [2.75, 3.05) is 18.5 Å². The van der Waals surface area contributed by atoms with E-state index in [9.17, 15) is 4.79 Å². The molecule has 0 unspecified atom stereocenters. The van der Waals surface area contributed by atoms with Crippen LogP contribution in [0.1, 0.15) is 19.3 Å². The fraction of sp³-hybridized carbons (Fsp3) is 0.462. The summed E-state index contributed by atoms with van der Waals surface area (Å²) in [7, 11) is 0. The van der Waals surface area contributed by atoms with Gasteiger partial charge in [-0.2, -0.15) is 0 Å². The Bertz CT molecular complexity index is 347. The van der Waals surface area contributed by atoms with Crippen molar-refractivity contribution in [3.63, 3.8) is 0 Å². The lowest BCUT2D eigenvalue weighted by Gasteiger charge is -2.22. The molecule has 1 aliphatic heterocycles. The minimum atomic E-state index is -0.426. The molecule has 1 amide bonds. The predicted octanol–water partition coefficient (Wildman–Crippen LogP) is 2.80. The van der Waals surface area contributed by atoms with E-state index in [0.29, 0.717) is 6.61 Å². The molecule has 1 aromatic carbocycles. The van der Waals surface area contributed by atoms with E-state index in [1.807, 2.05) is 30.3 Å². The van der Waals surface area contributed by atoms with Gasteiger partial charge in [-0.1, -0.05) is 18.2 Å². The maximum atomic E-state index is 11.5. The molecule has 4 nitrogen and oxygen atoms in total. The summed E-state index contributed by atoms with van der Waals surface area (Å²) in [6.07, 6.45) is 2.86. The number of carbonyl (C=O) groups excluding carboxylic acids is 1. The average Bonchev–Trinajstić information content (AvgIpc) is 2.39. The first-order valence-corrected chi connectivity index (χ1v) is 5.95. The molecule has 92 valence electrons. The topological polar surface area (TPSA) is 47.6 Å². The Morgan fingerprint density at radius 1 is 1.35 bits per heavy atom. The number of hydrogen-bond acceptors (Lipinski definition) is 3. The maximum absolute atomic E-state index is 11.5. The van der Waals surface area contributed by atoms with Gasteiger partial charge in [0.25, 0.3) is 0 Å². The van der Waals surface area contributed by atoms with Gasteiger partial charge < -0.3 is 9.47 Å². The molecule has 0 bridgehead atoms. The third kappa shape index (κ3) is 4.07. The molecule has 0 spiro atoms. The number of carbonyl (C=O) groups is 1. The summed E-state index contributed by atoms with van der Waals surface area (Å²) in [6.45, 7) is 1.10. The van der Waals surface area contributed by atoms with Crippen molar-refractivity contribution in [2.24, 2.45) is 0 Å². The van der Waals surface area contributed by atoms with Crippen LogP contribution >= 0.6 is 0 Å². The zero-order chi connectivity index (χ0) is 11.9. The summed E-state index contributed by atoms with van der Waals surface area (Å²) in [6, 6.07) is 9.25. The molecule has 1 saturated heterocycles. The molecule has 4 heteroatoms. The lowest BCUT2D eigenvalue weighted by molar-refractivity contribution is -0.0203. The number of rotatable bonds is 3. The molecule has 0 aliphatic carbocycles. The Hall–Kier alpha value is -1.55. The zero-order valence-corrected chi connectivity index (χ0v) is 9.72. The molecule has 0 radical (unpaired) electrons.